The number of benzene rings is 8. The van der Waals surface area contributed by atoms with Gasteiger partial charge in [0.05, 0.1) is 0 Å². The van der Waals surface area contributed by atoms with E-state index in [0.29, 0.717) is 0 Å². The molecule has 53 heavy (non-hydrogen) atoms. The first kappa shape index (κ1) is 30.7. The van der Waals surface area contributed by atoms with Crippen LogP contribution in [0.2, 0.25) is 0 Å². The third-order valence-corrected chi connectivity index (χ3v) is 10.3. The van der Waals surface area contributed by atoms with E-state index in [2.05, 4.69) is 186 Å². The molecule has 0 unspecified atom stereocenters. The van der Waals surface area contributed by atoms with Crippen LogP contribution in [-0.4, -0.2) is 9.97 Å². The average molecular weight is 677 g/mol. The van der Waals surface area contributed by atoms with Gasteiger partial charge in [-0.2, -0.15) is 0 Å². The Morgan fingerprint density at radius 3 is 1.45 bits per heavy atom. The number of rotatable bonds is 6. The van der Waals surface area contributed by atoms with Gasteiger partial charge in [0.2, 0.25) is 0 Å². The van der Waals surface area contributed by atoms with E-state index in [1.165, 1.54) is 33.0 Å². The van der Waals surface area contributed by atoms with Crippen LogP contribution in [0, 0.1) is 0 Å². The van der Waals surface area contributed by atoms with Crippen LogP contribution in [0.5, 0.6) is 0 Å². The van der Waals surface area contributed by atoms with Crippen LogP contribution in [0.3, 0.4) is 0 Å². The molecule has 0 radical (unpaired) electrons. The molecule has 0 aliphatic heterocycles. The number of nitrogens with zero attached hydrogens (tertiary/aromatic N) is 2. The fourth-order valence-electron chi connectivity index (χ4n) is 7.90. The molecule has 248 valence electrons. The van der Waals surface area contributed by atoms with Crippen LogP contribution in [0.4, 0.5) is 0 Å². The van der Waals surface area contributed by atoms with Crippen LogP contribution in [-0.2, 0) is 0 Å². The fourth-order valence-corrected chi connectivity index (χ4v) is 7.90. The maximum absolute atomic E-state index is 7.35. The van der Waals surface area contributed by atoms with Crippen molar-refractivity contribution in [1.82, 2.24) is 9.97 Å². The molecule has 0 atom stereocenters. The first-order chi connectivity index (χ1) is 26.3. The average Bonchev–Trinajstić information content (AvgIpc) is 3.63. The summed E-state index contributed by atoms with van der Waals surface area (Å²) in [4.78, 5) is 8.63. The highest BCUT2D eigenvalue weighted by molar-refractivity contribution is 6.23. The van der Waals surface area contributed by atoms with Gasteiger partial charge in [-0.1, -0.05) is 164 Å². The van der Waals surface area contributed by atoms with Crippen molar-refractivity contribution >= 4 is 32.5 Å². The number of hydrogen-bond acceptors (Lipinski definition) is 3. The Labute approximate surface area is 307 Å². The summed E-state index contributed by atoms with van der Waals surface area (Å²) in [5, 5.41) is 5.72. The summed E-state index contributed by atoms with van der Waals surface area (Å²) >= 11 is 0. The first-order valence-electron chi connectivity index (χ1n) is 17.9. The van der Waals surface area contributed by atoms with Crippen LogP contribution in [0.1, 0.15) is 0 Å². The molecule has 2 aromatic heterocycles. The molecule has 0 fully saturated rings. The Morgan fingerprint density at radius 2 is 0.792 bits per heavy atom. The Hall–Kier alpha value is -7.10. The summed E-state index contributed by atoms with van der Waals surface area (Å²) in [6, 6.07) is 62.7. The van der Waals surface area contributed by atoms with Gasteiger partial charge < -0.3 is 4.42 Å². The van der Waals surface area contributed by atoms with Gasteiger partial charge in [-0.05, 0) is 72.6 Å². The maximum Gasteiger partial charge on any atom is 0.144 e. The van der Waals surface area contributed by atoms with Gasteiger partial charge in [0.1, 0.15) is 17.7 Å². The Morgan fingerprint density at radius 1 is 0.321 bits per heavy atom. The van der Waals surface area contributed by atoms with Crippen molar-refractivity contribution in [3.63, 3.8) is 0 Å². The van der Waals surface area contributed by atoms with Crippen molar-refractivity contribution in [2.45, 2.75) is 0 Å². The molecular formula is C50H32N2O. The van der Waals surface area contributed by atoms with Crippen molar-refractivity contribution in [2.24, 2.45) is 0 Å². The highest BCUT2D eigenvalue weighted by atomic mass is 16.3. The molecule has 10 aromatic rings. The number of para-hydroxylation sites is 1. The molecule has 3 nitrogen and oxygen atoms in total. The van der Waals surface area contributed by atoms with E-state index in [0.717, 1.165) is 66.4 Å². The van der Waals surface area contributed by atoms with Gasteiger partial charge in [-0.25, -0.2) is 9.97 Å². The summed E-state index contributed by atoms with van der Waals surface area (Å²) in [5.74, 6) is 0.847. The minimum Gasteiger partial charge on any atom is -0.455 e. The van der Waals surface area contributed by atoms with Gasteiger partial charge >= 0.3 is 0 Å². The van der Waals surface area contributed by atoms with E-state index < -0.39 is 0 Å². The van der Waals surface area contributed by atoms with Gasteiger partial charge in [-0.15, -0.1) is 0 Å². The SMILES string of the molecule is c1ccc(-c2cccc(-c3cccc4c(-c5cccc(-c6cncnc6)c5)c(-c5c6ccccc6c(-c6ccccc6)c6ccccc56)oc34)c2)cc1. The molecule has 0 N–H and O–H groups in total. The smallest absolute Gasteiger partial charge is 0.144 e. The second kappa shape index (κ2) is 12.9. The monoisotopic (exact) mass is 676 g/mol. The van der Waals surface area contributed by atoms with E-state index in [1.54, 1.807) is 6.33 Å². The lowest BCUT2D eigenvalue weighted by molar-refractivity contribution is 0.635. The van der Waals surface area contributed by atoms with E-state index in [9.17, 15) is 0 Å². The summed E-state index contributed by atoms with van der Waals surface area (Å²) in [7, 11) is 0. The number of hydrogen-bond donors (Lipinski definition) is 0. The van der Waals surface area contributed by atoms with Gasteiger partial charge in [0, 0.05) is 40.0 Å². The lowest BCUT2D eigenvalue weighted by Gasteiger charge is -2.17. The normalized spacial score (nSPS) is 11.4. The Balaban J connectivity index is 1.31. The highest BCUT2D eigenvalue weighted by Crippen LogP contribution is 2.50. The standard InChI is InChI=1S/C50H32N2O/c1-3-14-33(15-4-1)35-18-11-20-37(28-35)40-26-13-27-45-47(38-21-12-19-36(29-38)39-30-51-32-52-31-39)50(53-49(40)45)48-43-24-9-7-22-41(43)46(34-16-5-2-6-17-34)42-23-8-10-25-44(42)48/h1-32H. The third kappa shape index (κ3) is 5.30. The Bertz CT molecular complexity index is 2870. The van der Waals surface area contributed by atoms with Gasteiger partial charge in [-0.3, -0.25) is 0 Å². The van der Waals surface area contributed by atoms with Gasteiger partial charge in [0.25, 0.3) is 0 Å². The molecule has 2 heterocycles. The van der Waals surface area contributed by atoms with Crippen molar-refractivity contribution in [1.29, 1.82) is 0 Å². The summed E-state index contributed by atoms with van der Waals surface area (Å²) in [6.07, 6.45) is 5.29. The topological polar surface area (TPSA) is 38.9 Å². The van der Waals surface area contributed by atoms with Gasteiger partial charge in [0.15, 0.2) is 0 Å². The summed E-state index contributed by atoms with van der Waals surface area (Å²) in [6.45, 7) is 0. The molecule has 0 saturated heterocycles. The van der Waals surface area contributed by atoms with E-state index >= 15 is 0 Å². The molecule has 0 aliphatic rings. The van der Waals surface area contributed by atoms with Crippen LogP contribution < -0.4 is 0 Å². The lowest BCUT2D eigenvalue weighted by atomic mass is 9.86. The fraction of sp³-hybridized carbons (Fsp3) is 0. The van der Waals surface area contributed by atoms with Crippen molar-refractivity contribution in [3.8, 4) is 67.0 Å². The molecular weight excluding hydrogens is 645 g/mol. The lowest BCUT2D eigenvalue weighted by Crippen LogP contribution is -1.91. The van der Waals surface area contributed by atoms with Crippen LogP contribution in [0.15, 0.2) is 199 Å². The van der Waals surface area contributed by atoms with Crippen LogP contribution in [0.25, 0.3) is 99.5 Å². The minimum atomic E-state index is 0.847. The second-order valence-electron chi connectivity index (χ2n) is 13.4. The molecule has 0 spiro atoms. The molecule has 0 bridgehead atoms. The zero-order valence-corrected chi connectivity index (χ0v) is 28.8. The minimum absolute atomic E-state index is 0.847. The van der Waals surface area contributed by atoms with E-state index in [-0.39, 0.29) is 0 Å². The van der Waals surface area contributed by atoms with E-state index in [4.69, 9.17) is 4.42 Å². The molecule has 0 amide bonds. The largest absolute Gasteiger partial charge is 0.455 e. The quantitative estimate of drug-likeness (QED) is 0.165. The molecule has 10 rings (SSSR count). The maximum atomic E-state index is 7.35. The summed E-state index contributed by atoms with van der Waals surface area (Å²) < 4.78 is 7.35. The number of aromatic nitrogens is 2. The third-order valence-electron chi connectivity index (χ3n) is 10.3. The number of fused-ring (bicyclic) bond motifs is 3. The second-order valence-corrected chi connectivity index (χ2v) is 13.4. The van der Waals surface area contributed by atoms with Crippen LogP contribution >= 0.6 is 0 Å². The molecule has 0 saturated carbocycles. The van der Waals surface area contributed by atoms with Crippen molar-refractivity contribution < 1.29 is 4.42 Å². The predicted octanol–water partition coefficient (Wildman–Crippen LogP) is 13.5. The zero-order chi connectivity index (χ0) is 35.1. The number of furan rings is 1. The first-order valence-corrected chi connectivity index (χ1v) is 17.9. The zero-order valence-electron chi connectivity index (χ0n) is 28.8. The highest BCUT2D eigenvalue weighted by Gasteiger charge is 2.25. The molecule has 8 aromatic carbocycles. The Kier molecular flexibility index (Phi) is 7.47. The molecule has 0 aliphatic carbocycles. The predicted molar refractivity (Wildman–Crippen MR) is 219 cm³/mol. The van der Waals surface area contributed by atoms with E-state index in [1.807, 2.05) is 12.4 Å². The van der Waals surface area contributed by atoms with Crippen molar-refractivity contribution in [2.75, 3.05) is 0 Å². The van der Waals surface area contributed by atoms with Crippen molar-refractivity contribution in [3.05, 3.63) is 195 Å². The molecule has 3 heteroatoms. The summed E-state index contributed by atoms with van der Waals surface area (Å²) in [5.41, 5.74) is 13.0.